The predicted molar refractivity (Wildman–Crippen MR) is 134 cm³/mol. The SMILES string of the molecule is CC(C(=O)N[C@@H](C(=O)O)C(c1ccccc1)c1ccccc1)(c1ccccc1)c1ccccc1. The third-order valence-corrected chi connectivity index (χ3v) is 6.36. The van der Waals surface area contributed by atoms with Gasteiger partial charge in [0.25, 0.3) is 0 Å². The van der Waals surface area contributed by atoms with Gasteiger partial charge in [0.05, 0.1) is 5.41 Å². The minimum absolute atomic E-state index is 0.367. The number of nitrogens with one attached hydrogen (secondary N) is 1. The van der Waals surface area contributed by atoms with E-state index in [1.165, 1.54) is 0 Å². The van der Waals surface area contributed by atoms with Gasteiger partial charge in [-0.2, -0.15) is 0 Å². The van der Waals surface area contributed by atoms with Crippen molar-refractivity contribution in [2.45, 2.75) is 24.3 Å². The maximum Gasteiger partial charge on any atom is 0.327 e. The molecule has 0 bridgehead atoms. The molecule has 4 aromatic rings. The highest BCUT2D eigenvalue weighted by molar-refractivity contribution is 5.94. The van der Waals surface area contributed by atoms with E-state index in [4.69, 9.17) is 0 Å². The molecule has 4 heteroatoms. The van der Waals surface area contributed by atoms with E-state index in [-0.39, 0.29) is 5.91 Å². The molecule has 0 aliphatic carbocycles. The highest BCUT2D eigenvalue weighted by Gasteiger charge is 2.41. The van der Waals surface area contributed by atoms with Crippen LogP contribution in [0.15, 0.2) is 121 Å². The number of hydrogen-bond donors (Lipinski definition) is 2. The molecule has 2 N–H and O–H groups in total. The lowest BCUT2D eigenvalue weighted by Gasteiger charge is -2.33. The van der Waals surface area contributed by atoms with Crippen molar-refractivity contribution in [1.82, 2.24) is 5.32 Å². The molecule has 1 atom stereocenters. The summed E-state index contributed by atoms with van der Waals surface area (Å²) in [5.74, 6) is -2.01. The monoisotopic (exact) mass is 449 g/mol. The van der Waals surface area contributed by atoms with Crippen LogP contribution >= 0.6 is 0 Å². The minimum Gasteiger partial charge on any atom is -0.480 e. The molecular formula is C30H27NO3. The van der Waals surface area contributed by atoms with Crippen LogP contribution in [0.25, 0.3) is 0 Å². The van der Waals surface area contributed by atoms with Crippen molar-refractivity contribution >= 4 is 11.9 Å². The Hall–Kier alpha value is -4.18. The van der Waals surface area contributed by atoms with Crippen LogP contribution in [0.2, 0.25) is 0 Å². The maximum absolute atomic E-state index is 14.0. The molecule has 1 amide bonds. The van der Waals surface area contributed by atoms with Gasteiger partial charge in [0.15, 0.2) is 0 Å². The first kappa shape index (κ1) is 23.0. The van der Waals surface area contributed by atoms with E-state index in [1.54, 1.807) is 0 Å². The van der Waals surface area contributed by atoms with Crippen LogP contribution in [0.3, 0.4) is 0 Å². The van der Waals surface area contributed by atoms with Gasteiger partial charge in [-0.25, -0.2) is 4.79 Å². The highest BCUT2D eigenvalue weighted by Crippen LogP contribution is 2.34. The Morgan fingerprint density at radius 3 is 1.35 bits per heavy atom. The summed E-state index contributed by atoms with van der Waals surface area (Å²) in [6.07, 6.45) is 0. The fraction of sp³-hybridized carbons (Fsp3) is 0.133. The van der Waals surface area contributed by atoms with Gasteiger partial charge in [0.2, 0.25) is 5.91 Å². The van der Waals surface area contributed by atoms with Crippen LogP contribution in [-0.4, -0.2) is 23.0 Å². The van der Waals surface area contributed by atoms with Crippen molar-refractivity contribution in [3.05, 3.63) is 144 Å². The second-order valence-corrected chi connectivity index (χ2v) is 8.45. The number of amides is 1. The summed E-state index contributed by atoms with van der Waals surface area (Å²) < 4.78 is 0. The van der Waals surface area contributed by atoms with Gasteiger partial charge in [-0.15, -0.1) is 0 Å². The second-order valence-electron chi connectivity index (χ2n) is 8.45. The Kier molecular flexibility index (Phi) is 6.88. The van der Waals surface area contributed by atoms with E-state index in [0.29, 0.717) is 0 Å². The zero-order chi connectivity index (χ0) is 24.0. The molecule has 0 aromatic heterocycles. The quantitative estimate of drug-likeness (QED) is 0.379. The summed E-state index contributed by atoms with van der Waals surface area (Å²) in [6, 6.07) is 36.6. The number of carboxylic acids is 1. The Morgan fingerprint density at radius 1 is 0.647 bits per heavy atom. The number of carboxylic acid groups (broad SMARTS) is 1. The van der Waals surface area contributed by atoms with Crippen molar-refractivity contribution < 1.29 is 14.7 Å². The first-order chi connectivity index (χ1) is 16.5. The van der Waals surface area contributed by atoms with E-state index in [0.717, 1.165) is 22.3 Å². The van der Waals surface area contributed by atoms with Crippen molar-refractivity contribution in [1.29, 1.82) is 0 Å². The lowest BCUT2D eigenvalue weighted by molar-refractivity contribution is -0.142. The Bertz CT molecular complexity index is 1150. The number of hydrogen-bond acceptors (Lipinski definition) is 2. The molecule has 0 aliphatic heterocycles. The maximum atomic E-state index is 14.0. The molecule has 0 unspecified atom stereocenters. The van der Waals surface area contributed by atoms with Gasteiger partial charge in [0, 0.05) is 5.92 Å². The predicted octanol–water partition coefficient (Wildman–Crippen LogP) is 5.39. The largest absolute Gasteiger partial charge is 0.480 e. The molecule has 170 valence electrons. The topological polar surface area (TPSA) is 66.4 Å². The van der Waals surface area contributed by atoms with Gasteiger partial charge in [-0.05, 0) is 29.2 Å². The first-order valence-corrected chi connectivity index (χ1v) is 11.3. The molecule has 4 nitrogen and oxygen atoms in total. The number of carbonyl (C=O) groups excluding carboxylic acids is 1. The van der Waals surface area contributed by atoms with Gasteiger partial charge in [0.1, 0.15) is 6.04 Å². The first-order valence-electron chi connectivity index (χ1n) is 11.3. The Morgan fingerprint density at radius 2 is 1.00 bits per heavy atom. The van der Waals surface area contributed by atoms with E-state index < -0.39 is 23.3 Å². The van der Waals surface area contributed by atoms with Gasteiger partial charge in [-0.1, -0.05) is 121 Å². The Labute approximate surface area is 199 Å². The molecule has 4 aromatic carbocycles. The van der Waals surface area contributed by atoms with E-state index in [9.17, 15) is 14.7 Å². The molecular weight excluding hydrogens is 422 g/mol. The van der Waals surface area contributed by atoms with Crippen LogP contribution < -0.4 is 5.32 Å². The summed E-state index contributed by atoms with van der Waals surface area (Å²) in [4.78, 5) is 26.6. The third-order valence-electron chi connectivity index (χ3n) is 6.36. The lowest BCUT2D eigenvalue weighted by Crippen LogP contribution is -2.52. The van der Waals surface area contributed by atoms with Gasteiger partial charge in [-0.3, -0.25) is 4.79 Å². The summed E-state index contributed by atoms with van der Waals surface area (Å²) in [5, 5.41) is 13.2. The molecule has 0 aliphatic rings. The van der Waals surface area contributed by atoms with Crippen LogP contribution in [0, 0.1) is 0 Å². The smallest absolute Gasteiger partial charge is 0.327 e. The number of rotatable bonds is 8. The molecule has 0 spiro atoms. The van der Waals surface area contributed by atoms with Gasteiger partial charge < -0.3 is 10.4 Å². The fourth-order valence-corrected chi connectivity index (χ4v) is 4.44. The summed E-state index contributed by atoms with van der Waals surface area (Å²) in [6.45, 7) is 1.84. The van der Waals surface area contributed by atoms with Crippen molar-refractivity contribution in [3.63, 3.8) is 0 Å². The molecule has 4 rings (SSSR count). The summed E-state index contributed by atoms with van der Waals surface area (Å²) >= 11 is 0. The van der Waals surface area contributed by atoms with Crippen LogP contribution in [0.5, 0.6) is 0 Å². The number of carbonyl (C=O) groups is 2. The van der Waals surface area contributed by atoms with Crippen molar-refractivity contribution in [2.75, 3.05) is 0 Å². The highest BCUT2D eigenvalue weighted by atomic mass is 16.4. The van der Waals surface area contributed by atoms with Crippen molar-refractivity contribution in [2.24, 2.45) is 0 Å². The zero-order valence-electron chi connectivity index (χ0n) is 19.0. The molecule has 0 fully saturated rings. The molecule has 0 saturated heterocycles. The third kappa shape index (κ3) is 4.62. The van der Waals surface area contributed by atoms with Crippen LogP contribution in [0.1, 0.15) is 35.1 Å². The molecule has 0 saturated carbocycles. The minimum atomic E-state index is -1.16. The summed E-state index contributed by atoms with van der Waals surface area (Å²) in [7, 11) is 0. The van der Waals surface area contributed by atoms with Gasteiger partial charge >= 0.3 is 5.97 Å². The Balaban J connectivity index is 1.79. The van der Waals surface area contributed by atoms with E-state index in [1.807, 2.05) is 128 Å². The number of aliphatic carboxylic acids is 1. The van der Waals surface area contributed by atoms with Crippen LogP contribution in [-0.2, 0) is 15.0 Å². The number of benzene rings is 4. The van der Waals surface area contributed by atoms with E-state index in [2.05, 4.69) is 5.32 Å². The van der Waals surface area contributed by atoms with Crippen molar-refractivity contribution in [3.8, 4) is 0 Å². The average Bonchev–Trinajstić information content (AvgIpc) is 2.90. The summed E-state index contributed by atoms with van der Waals surface area (Å²) in [5.41, 5.74) is 2.15. The average molecular weight is 450 g/mol. The molecule has 0 radical (unpaired) electrons. The normalized spacial score (nSPS) is 12.2. The standard InChI is InChI=1S/C30H27NO3/c1-30(24-18-10-4-11-19-24,25-20-12-5-13-21-25)29(34)31-27(28(32)33)26(22-14-6-2-7-15-22)23-16-8-3-9-17-23/h2-21,26-27H,1H3,(H,31,34)(H,32,33)/t27-/m1/s1. The molecule has 0 heterocycles. The molecule has 34 heavy (non-hydrogen) atoms. The fourth-order valence-electron chi connectivity index (χ4n) is 4.44. The second kappa shape index (κ2) is 10.2. The zero-order valence-corrected chi connectivity index (χ0v) is 19.0. The lowest BCUT2D eigenvalue weighted by atomic mass is 9.74. The van der Waals surface area contributed by atoms with E-state index >= 15 is 0 Å². The van der Waals surface area contributed by atoms with Crippen LogP contribution in [0.4, 0.5) is 0 Å².